The number of hydrogen-bond acceptors (Lipinski definition) is 3. The lowest BCUT2D eigenvalue weighted by atomic mass is 10.2. The number of aliphatic hydroxyl groups excluding tert-OH is 1. The van der Waals surface area contributed by atoms with Crippen LogP contribution in [-0.4, -0.2) is 29.1 Å². The van der Waals surface area contributed by atoms with Crippen molar-refractivity contribution in [3.8, 4) is 0 Å². The van der Waals surface area contributed by atoms with Crippen molar-refractivity contribution in [2.45, 2.75) is 25.7 Å². The minimum atomic E-state index is -0.652. The normalized spacial score (nSPS) is 10.2. The van der Waals surface area contributed by atoms with Gasteiger partial charge in [-0.2, -0.15) is 4.39 Å². The van der Waals surface area contributed by atoms with E-state index in [-0.39, 0.29) is 18.1 Å². The van der Waals surface area contributed by atoms with Gasteiger partial charge in [0.1, 0.15) is 0 Å². The number of amides is 1. The Hall–Kier alpha value is -1.49. The molecule has 1 amide bonds. The molecule has 0 bridgehead atoms. The first-order chi connectivity index (χ1) is 8.24. The van der Waals surface area contributed by atoms with E-state index < -0.39 is 5.95 Å². The highest BCUT2D eigenvalue weighted by Crippen LogP contribution is 2.01. The van der Waals surface area contributed by atoms with Crippen LogP contribution in [0.1, 0.15) is 36.0 Å². The smallest absolute Gasteiger partial charge is 0.251 e. The summed E-state index contributed by atoms with van der Waals surface area (Å²) in [6, 6.07) is 2.59. The van der Waals surface area contributed by atoms with Gasteiger partial charge in [0.25, 0.3) is 5.91 Å². The summed E-state index contributed by atoms with van der Waals surface area (Å²) < 4.78 is 12.7. The van der Waals surface area contributed by atoms with Crippen molar-refractivity contribution < 1.29 is 14.3 Å². The molecule has 0 aromatic carbocycles. The van der Waals surface area contributed by atoms with Crippen molar-refractivity contribution in [2.75, 3.05) is 13.2 Å². The molecule has 1 aromatic heterocycles. The number of nitrogens with zero attached hydrogens (tertiary/aromatic N) is 1. The van der Waals surface area contributed by atoms with Crippen LogP contribution in [0.25, 0.3) is 0 Å². The number of carbonyl (C=O) groups is 1. The van der Waals surface area contributed by atoms with Crippen LogP contribution in [0, 0.1) is 5.95 Å². The zero-order valence-electron chi connectivity index (χ0n) is 9.66. The third kappa shape index (κ3) is 5.40. The molecule has 0 saturated heterocycles. The molecule has 94 valence electrons. The lowest BCUT2D eigenvalue weighted by Gasteiger charge is -2.04. The van der Waals surface area contributed by atoms with Gasteiger partial charge in [-0.3, -0.25) is 4.79 Å². The molecular weight excluding hydrogens is 223 g/mol. The highest BCUT2D eigenvalue weighted by Gasteiger charge is 2.05. The number of rotatable bonds is 7. The van der Waals surface area contributed by atoms with Crippen molar-refractivity contribution in [2.24, 2.45) is 0 Å². The van der Waals surface area contributed by atoms with Gasteiger partial charge in [0, 0.05) is 31.0 Å². The second-order valence-corrected chi connectivity index (χ2v) is 3.76. The molecule has 0 aliphatic carbocycles. The monoisotopic (exact) mass is 240 g/mol. The Morgan fingerprint density at radius 3 is 2.82 bits per heavy atom. The van der Waals surface area contributed by atoms with Gasteiger partial charge in [0.2, 0.25) is 5.95 Å². The zero-order valence-corrected chi connectivity index (χ0v) is 9.66. The molecular formula is C12H17FN2O2. The Balaban J connectivity index is 2.21. The molecule has 5 heteroatoms. The van der Waals surface area contributed by atoms with E-state index in [1.54, 1.807) is 0 Å². The van der Waals surface area contributed by atoms with E-state index in [1.165, 1.54) is 12.3 Å². The van der Waals surface area contributed by atoms with Gasteiger partial charge in [0.05, 0.1) is 0 Å². The molecule has 0 saturated carbocycles. The number of unbranched alkanes of at least 4 members (excludes halogenated alkanes) is 3. The molecule has 0 atom stereocenters. The van der Waals surface area contributed by atoms with E-state index in [9.17, 15) is 9.18 Å². The molecule has 0 aliphatic rings. The quantitative estimate of drug-likeness (QED) is 0.561. The number of aromatic nitrogens is 1. The number of pyridine rings is 1. The molecule has 2 N–H and O–H groups in total. The van der Waals surface area contributed by atoms with Gasteiger partial charge in [-0.25, -0.2) is 4.98 Å². The number of carbonyl (C=O) groups excluding carboxylic acids is 1. The Morgan fingerprint density at radius 2 is 2.12 bits per heavy atom. The Morgan fingerprint density at radius 1 is 1.35 bits per heavy atom. The van der Waals surface area contributed by atoms with Crippen molar-refractivity contribution in [1.82, 2.24) is 10.3 Å². The first-order valence-electron chi connectivity index (χ1n) is 5.74. The number of aliphatic hydroxyl groups is 1. The maximum atomic E-state index is 12.7. The highest BCUT2D eigenvalue weighted by atomic mass is 19.1. The van der Waals surface area contributed by atoms with Gasteiger partial charge in [0.15, 0.2) is 0 Å². The molecule has 1 heterocycles. The summed E-state index contributed by atoms with van der Waals surface area (Å²) in [6.45, 7) is 0.775. The van der Waals surface area contributed by atoms with Crippen LogP contribution >= 0.6 is 0 Å². The summed E-state index contributed by atoms with van der Waals surface area (Å²) in [5.41, 5.74) is 0.285. The second kappa shape index (κ2) is 7.73. The highest BCUT2D eigenvalue weighted by molar-refractivity contribution is 5.93. The molecule has 0 unspecified atom stereocenters. The SMILES string of the molecule is O=C(NCCCCCCO)c1ccnc(F)c1. The van der Waals surface area contributed by atoms with Crippen molar-refractivity contribution in [3.63, 3.8) is 0 Å². The Labute approximate surface area is 99.9 Å². The number of nitrogens with one attached hydrogen (secondary N) is 1. The molecule has 0 radical (unpaired) electrons. The predicted octanol–water partition coefficient (Wildman–Crippen LogP) is 1.50. The molecule has 0 aliphatic heterocycles. The van der Waals surface area contributed by atoms with Crippen LogP contribution < -0.4 is 5.32 Å². The van der Waals surface area contributed by atoms with Gasteiger partial charge < -0.3 is 10.4 Å². The third-order valence-corrected chi connectivity index (χ3v) is 2.36. The zero-order chi connectivity index (χ0) is 12.5. The minimum absolute atomic E-state index is 0.211. The lowest BCUT2D eigenvalue weighted by Crippen LogP contribution is -2.24. The average Bonchev–Trinajstić information content (AvgIpc) is 2.33. The van der Waals surface area contributed by atoms with Gasteiger partial charge >= 0.3 is 0 Å². The number of halogens is 1. The molecule has 17 heavy (non-hydrogen) atoms. The summed E-state index contributed by atoms with van der Waals surface area (Å²) in [7, 11) is 0. The van der Waals surface area contributed by atoms with E-state index in [0.717, 1.165) is 31.7 Å². The van der Waals surface area contributed by atoms with Crippen molar-refractivity contribution in [3.05, 3.63) is 29.8 Å². The largest absolute Gasteiger partial charge is 0.396 e. The maximum absolute atomic E-state index is 12.7. The van der Waals surface area contributed by atoms with Crippen LogP contribution in [0.15, 0.2) is 18.3 Å². The average molecular weight is 240 g/mol. The fraction of sp³-hybridized carbons (Fsp3) is 0.500. The predicted molar refractivity (Wildman–Crippen MR) is 62.1 cm³/mol. The summed E-state index contributed by atoms with van der Waals surface area (Å²) in [5.74, 6) is -0.936. The first-order valence-corrected chi connectivity index (χ1v) is 5.74. The van der Waals surface area contributed by atoms with Crippen LogP contribution in [0.2, 0.25) is 0 Å². The van der Waals surface area contributed by atoms with Crippen LogP contribution in [0.3, 0.4) is 0 Å². The van der Waals surface area contributed by atoms with Crippen molar-refractivity contribution in [1.29, 1.82) is 0 Å². The number of hydrogen-bond donors (Lipinski definition) is 2. The molecule has 1 rings (SSSR count). The van der Waals surface area contributed by atoms with Crippen LogP contribution in [-0.2, 0) is 0 Å². The fourth-order valence-electron chi connectivity index (χ4n) is 1.44. The van der Waals surface area contributed by atoms with Crippen LogP contribution in [0.4, 0.5) is 4.39 Å². The Bertz CT molecular complexity index is 358. The topological polar surface area (TPSA) is 62.2 Å². The maximum Gasteiger partial charge on any atom is 0.251 e. The second-order valence-electron chi connectivity index (χ2n) is 3.76. The molecule has 1 aromatic rings. The van der Waals surface area contributed by atoms with Crippen LogP contribution in [0.5, 0.6) is 0 Å². The summed E-state index contributed by atoms with van der Waals surface area (Å²) in [5, 5.41) is 11.3. The summed E-state index contributed by atoms with van der Waals surface area (Å²) >= 11 is 0. The minimum Gasteiger partial charge on any atom is -0.396 e. The van der Waals surface area contributed by atoms with E-state index in [4.69, 9.17) is 5.11 Å². The molecule has 4 nitrogen and oxygen atoms in total. The molecule has 0 spiro atoms. The summed E-state index contributed by atoms with van der Waals surface area (Å²) in [4.78, 5) is 14.9. The lowest BCUT2D eigenvalue weighted by molar-refractivity contribution is 0.0952. The first kappa shape index (κ1) is 13.6. The van der Waals surface area contributed by atoms with Gasteiger partial charge in [-0.1, -0.05) is 12.8 Å². The standard InChI is InChI=1S/C12H17FN2O2/c13-11-9-10(5-7-14-11)12(17)15-6-3-1-2-4-8-16/h5,7,9,16H,1-4,6,8H2,(H,15,17). The summed E-state index contributed by atoms with van der Waals surface area (Å²) in [6.07, 6.45) is 4.84. The van der Waals surface area contributed by atoms with E-state index in [1.807, 2.05) is 0 Å². The van der Waals surface area contributed by atoms with E-state index in [0.29, 0.717) is 6.54 Å². The van der Waals surface area contributed by atoms with Gasteiger partial charge in [-0.05, 0) is 18.9 Å². The fourth-order valence-corrected chi connectivity index (χ4v) is 1.44. The third-order valence-electron chi connectivity index (χ3n) is 2.36. The molecule has 0 fully saturated rings. The Kier molecular flexibility index (Phi) is 6.17. The van der Waals surface area contributed by atoms with E-state index >= 15 is 0 Å². The van der Waals surface area contributed by atoms with Crippen molar-refractivity contribution >= 4 is 5.91 Å². The van der Waals surface area contributed by atoms with Gasteiger partial charge in [-0.15, -0.1) is 0 Å². The van der Waals surface area contributed by atoms with E-state index in [2.05, 4.69) is 10.3 Å².